The Labute approximate surface area is 128 Å². The van der Waals surface area contributed by atoms with Crippen LogP contribution in [0.15, 0.2) is 65.7 Å². The molecule has 1 atom stereocenters. The van der Waals surface area contributed by atoms with Gasteiger partial charge in [-0.15, -0.1) is 0 Å². The number of thioether (sulfide) groups is 1. The fourth-order valence-corrected chi connectivity index (χ4v) is 3.33. The van der Waals surface area contributed by atoms with Gasteiger partial charge in [-0.1, -0.05) is 72.4 Å². The van der Waals surface area contributed by atoms with Crippen LogP contribution in [0.25, 0.3) is 0 Å². The number of carbonyl (C=O) groups excluding carboxylic acids is 1. The Hall–Kier alpha value is -2.07. The number of aliphatic imine (C=N–C) groups is 1. The van der Waals surface area contributed by atoms with E-state index in [2.05, 4.69) is 10.3 Å². The fraction of sp³-hybridized carbons (Fsp3) is 0.176. The van der Waals surface area contributed by atoms with Crippen LogP contribution in [-0.2, 0) is 0 Å². The predicted molar refractivity (Wildman–Crippen MR) is 87.9 cm³/mol. The monoisotopic (exact) mass is 296 g/mol. The van der Waals surface area contributed by atoms with E-state index < -0.39 is 0 Å². The van der Waals surface area contributed by atoms with E-state index in [0.29, 0.717) is 0 Å². The number of benzene rings is 2. The van der Waals surface area contributed by atoms with Gasteiger partial charge in [-0.25, -0.2) is 0 Å². The molecule has 0 saturated carbocycles. The molecule has 2 aromatic carbocycles. The van der Waals surface area contributed by atoms with E-state index in [9.17, 15) is 4.79 Å². The number of rotatable bonds is 4. The number of hydrogen-bond acceptors (Lipinski definition) is 4. The van der Waals surface area contributed by atoms with Crippen molar-refractivity contribution in [3.05, 3.63) is 71.8 Å². The number of nitrogens with zero attached hydrogens (tertiary/aromatic N) is 1. The summed E-state index contributed by atoms with van der Waals surface area (Å²) in [6, 6.07) is 19.3. The molecule has 0 aliphatic carbocycles. The minimum Gasteiger partial charge on any atom is -0.363 e. The molecule has 0 amide bonds. The molecule has 0 aromatic heterocycles. The molecule has 1 unspecified atom stereocenters. The van der Waals surface area contributed by atoms with Gasteiger partial charge in [0.15, 0.2) is 11.0 Å². The number of nitrogens with one attached hydrogen (secondary N) is 1. The van der Waals surface area contributed by atoms with Crippen molar-refractivity contribution in [2.75, 3.05) is 13.1 Å². The van der Waals surface area contributed by atoms with Crippen molar-refractivity contribution < 1.29 is 4.79 Å². The number of hydrogen-bond donors (Lipinski definition) is 1. The van der Waals surface area contributed by atoms with Crippen LogP contribution in [0.2, 0.25) is 0 Å². The average Bonchev–Trinajstić information content (AvgIpc) is 3.07. The van der Waals surface area contributed by atoms with E-state index in [1.54, 1.807) is 0 Å². The summed E-state index contributed by atoms with van der Waals surface area (Å²) < 4.78 is 0. The summed E-state index contributed by atoms with van der Waals surface area (Å²) in [5, 5.41) is 3.81. The third kappa shape index (κ3) is 3.34. The summed E-state index contributed by atoms with van der Waals surface area (Å²) in [6.07, 6.45) is 0. The molecule has 0 saturated heterocycles. The first kappa shape index (κ1) is 13.9. The lowest BCUT2D eigenvalue weighted by Gasteiger charge is -2.16. The lowest BCUT2D eigenvalue weighted by molar-refractivity contribution is 0.0990. The van der Waals surface area contributed by atoms with Crippen LogP contribution >= 0.6 is 11.8 Å². The Morgan fingerprint density at radius 3 is 2.33 bits per heavy atom. The molecule has 0 radical (unpaired) electrons. The van der Waals surface area contributed by atoms with Crippen LogP contribution in [0, 0.1) is 0 Å². The third-order valence-corrected chi connectivity index (χ3v) is 4.49. The average molecular weight is 296 g/mol. The molecule has 3 nitrogen and oxygen atoms in total. The number of amidine groups is 1. The molecule has 106 valence electrons. The standard InChI is InChI=1S/C17H16N2OS/c20-15(13-7-3-1-4-8-13)16(14-9-5-2-6-10-14)21-17-18-11-12-19-17/h1-10,16H,11-12H2,(H,18,19). The Balaban J connectivity index is 1.90. The summed E-state index contributed by atoms with van der Waals surface area (Å²) in [5.74, 6) is 0.114. The smallest absolute Gasteiger partial charge is 0.180 e. The zero-order chi connectivity index (χ0) is 14.5. The van der Waals surface area contributed by atoms with Crippen molar-refractivity contribution in [2.45, 2.75) is 5.25 Å². The van der Waals surface area contributed by atoms with E-state index in [0.717, 1.165) is 29.4 Å². The van der Waals surface area contributed by atoms with Gasteiger partial charge in [0.25, 0.3) is 0 Å². The highest BCUT2D eigenvalue weighted by atomic mass is 32.2. The number of carbonyl (C=O) groups is 1. The molecule has 1 aliphatic heterocycles. The zero-order valence-electron chi connectivity index (χ0n) is 11.5. The normalized spacial score (nSPS) is 15.1. The molecule has 2 aromatic rings. The summed E-state index contributed by atoms with van der Waals surface area (Å²) in [4.78, 5) is 17.2. The Bertz CT molecular complexity index is 640. The molecule has 1 N–H and O–H groups in total. The Kier molecular flexibility index (Phi) is 4.36. The van der Waals surface area contributed by atoms with Gasteiger partial charge < -0.3 is 5.32 Å². The molecular weight excluding hydrogens is 280 g/mol. The molecule has 0 fully saturated rings. The first-order valence-corrected chi connectivity index (χ1v) is 7.82. The van der Waals surface area contributed by atoms with Gasteiger partial charge in [0.05, 0.1) is 6.54 Å². The van der Waals surface area contributed by atoms with Crippen molar-refractivity contribution in [3.8, 4) is 0 Å². The van der Waals surface area contributed by atoms with Crippen LogP contribution in [-0.4, -0.2) is 24.0 Å². The summed E-state index contributed by atoms with van der Waals surface area (Å²) in [6.45, 7) is 1.63. The maximum Gasteiger partial charge on any atom is 0.180 e. The van der Waals surface area contributed by atoms with Crippen LogP contribution in [0.1, 0.15) is 21.2 Å². The highest BCUT2D eigenvalue weighted by Crippen LogP contribution is 2.33. The number of ketones is 1. The SMILES string of the molecule is O=C(c1ccccc1)C(SC1=NCCN1)c1ccccc1. The lowest BCUT2D eigenvalue weighted by Crippen LogP contribution is -2.19. The fourth-order valence-electron chi connectivity index (χ4n) is 2.22. The first-order chi connectivity index (χ1) is 10.3. The molecule has 3 rings (SSSR count). The lowest BCUT2D eigenvalue weighted by atomic mass is 10.0. The van der Waals surface area contributed by atoms with Crippen molar-refractivity contribution in [1.82, 2.24) is 5.32 Å². The number of Topliss-reactive ketones (excluding diaryl/α,β-unsaturated/α-hetero) is 1. The van der Waals surface area contributed by atoms with Crippen molar-refractivity contribution in [1.29, 1.82) is 0 Å². The quantitative estimate of drug-likeness (QED) is 0.880. The van der Waals surface area contributed by atoms with E-state index in [1.165, 1.54) is 11.8 Å². The minimum atomic E-state index is -0.266. The van der Waals surface area contributed by atoms with Gasteiger partial charge in [-0.05, 0) is 5.56 Å². The largest absolute Gasteiger partial charge is 0.363 e. The van der Waals surface area contributed by atoms with E-state index in [4.69, 9.17) is 0 Å². The van der Waals surface area contributed by atoms with Crippen LogP contribution in [0.4, 0.5) is 0 Å². The summed E-state index contributed by atoms with van der Waals surface area (Å²) >= 11 is 1.50. The van der Waals surface area contributed by atoms with Crippen molar-refractivity contribution >= 4 is 22.7 Å². The first-order valence-electron chi connectivity index (χ1n) is 6.94. The molecular formula is C17H16N2OS. The minimum absolute atomic E-state index is 0.114. The van der Waals surface area contributed by atoms with Gasteiger partial charge in [-0.3, -0.25) is 9.79 Å². The van der Waals surface area contributed by atoms with Gasteiger partial charge in [0, 0.05) is 12.1 Å². The van der Waals surface area contributed by atoms with E-state index >= 15 is 0 Å². The van der Waals surface area contributed by atoms with E-state index in [1.807, 2.05) is 60.7 Å². The predicted octanol–water partition coefficient (Wildman–Crippen LogP) is 3.30. The highest BCUT2D eigenvalue weighted by Gasteiger charge is 2.25. The summed E-state index contributed by atoms with van der Waals surface area (Å²) in [7, 11) is 0. The second-order valence-corrected chi connectivity index (χ2v) is 5.85. The summed E-state index contributed by atoms with van der Waals surface area (Å²) in [5.41, 5.74) is 1.74. The highest BCUT2D eigenvalue weighted by molar-refractivity contribution is 8.14. The van der Waals surface area contributed by atoms with Crippen molar-refractivity contribution in [3.63, 3.8) is 0 Å². The maximum absolute atomic E-state index is 12.8. The van der Waals surface area contributed by atoms with Gasteiger partial charge in [-0.2, -0.15) is 0 Å². The van der Waals surface area contributed by atoms with Gasteiger partial charge in [0.2, 0.25) is 0 Å². The van der Waals surface area contributed by atoms with E-state index in [-0.39, 0.29) is 11.0 Å². The molecule has 21 heavy (non-hydrogen) atoms. The molecule has 0 spiro atoms. The second kappa shape index (κ2) is 6.59. The van der Waals surface area contributed by atoms with Gasteiger partial charge in [0.1, 0.15) is 5.25 Å². The third-order valence-electron chi connectivity index (χ3n) is 3.27. The van der Waals surface area contributed by atoms with Gasteiger partial charge >= 0.3 is 0 Å². The molecule has 4 heteroatoms. The molecule has 1 heterocycles. The maximum atomic E-state index is 12.8. The second-order valence-electron chi connectivity index (χ2n) is 4.75. The van der Waals surface area contributed by atoms with Crippen LogP contribution in [0.5, 0.6) is 0 Å². The van der Waals surface area contributed by atoms with Crippen LogP contribution < -0.4 is 5.32 Å². The molecule has 0 bridgehead atoms. The Morgan fingerprint density at radius 1 is 1.05 bits per heavy atom. The molecule has 1 aliphatic rings. The van der Waals surface area contributed by atoms with Crippen LogP contribution in [0.3, 0.4) is 0 Å². The zero-order valence-corrected chi connectivity index (χ0v) is 12.3. The van der Waals surface area contributed by atoms with Crippen molar-refractivity contribution in [2.24, 2.45) is 4.99 Å². The Morgan fingerprint density at radius 2 is 1.71 bits per heavy atom. The topological polar surface area (TPSA) is 41.5 Å².